The number of imidazole rings is 1. The van der Waals surface area contributed by atoms with Gasteiger partial charge in [-0.25, -0.2) is 9.37 Å². The lowest BCUT2D eigenvalue weighted by molar-refractivity contribution is -0.132. The Hall–Kier alpha value is -4.75. The number of hydrogen-bond donors (Lipinski definition) is 1. The third-order valence-electron chi connectivity index (χ3n) is 7.71. The monoisotopic (exact) mass is 673 g/mol. The van der Waals surface area contributed by atoms with Crippen LogP contribution >= 0.6 is 23.1 Å². The summed E-state index contributed by atoms with van der Waals surface area (Å²) in [6.07, 6.45) is 2.58. The predicted molar refractivity (Wildman–Crippen MR) is 179 cm³/mol. The van der Waals surface area contributed by atoms with Gasteiger partial charge in [0.1, 0.15) is 17.2 Å². The first kappa shape index (κ1) is 32.2. The quantitative estimate of drug-likeness (QED) is 0.0521. The average molecular weight is 674 g/mol. The first-order valence-electron chi connectivity index (χ1n) is 14.9. The van der Waals surface area contributed by atoms with Crippen molar-refractivity contribution >= 4 is 51.3 Å². The fourth-order valence-corrected chi connectivity index (χ4v) is 7.16. The van der Waals surface area contributed by atoms with Crippen LogP contribution in [0, 0.1) is 18.7 Å². The maximum atomic E-state index is 13.9. The molecule has 3 aromatic heterocycles. The normalized spacial score (nSPS) is 16.0. The van der Waals surface area contributed by atoms with Crippen molar-refractivity contribution < 1.29 is 28.6 Å². The molecular formula is C34H32FN5O5S2. The number of aliphatic hydroxyl groups excluding tert-OH is 1. The number of pyridine rings is 1. The molecule has 47 heavy (non-hydrogen) atoms. The van der Waals surface area contributed by atoms with Crippen molar-refractivity contribution in [3.05, 3.63) is 101 Å². The van der Waals surface area contributed by atoms with Gasteiger partial charge in [0.05, 0.1) is 31.0 Å². The van der Waals surface area contributed by atoms with E-state index in [1.807, 2.05) is 6.07 Å². The number of aryl methyl sites for hydroxylation is 1. The highest BCUT2D eigenvalue weighted by molar-refractivity contribution is 8.00. The molecule has 1 N–H and O–H groups in total. The van der Waals surface area contributed by atoms with E-state index in [0.717, 1.165) is 23.3 Å². The number of Topliss-reactive ketones (excluding diaryl/α,β-unsaturated/α-hetero) is 1. The van der Waals surface area contributed by atoms with E-state index in [-0.39, 0.29) is 22.3 Å². The molecule has 0 saturated carbocycles. The molecule has 1 aliphatic heterocycles. The second-order valence-corrected chi connectivity index (χ2v) is 13.5. The number of anilines is 1. The van der Waals surface area contributed by atoms with Gasteiger partial charge in [0.15, 0.2) is 21.6 Å². The largest absolute Gasteiger partial charge is 0.505 e. The molecule has 1 aliphatic rings. The molecule has 242 valence electrons. The van der Waals surface area contributed by atoms with Gasteiger partial charge in [-0.05, 0) is 66.8 Å². The first-order valence-corrected chi connectivity index (χ1v) is 16.7. The highest BCUT2D eigenvalue weighted by atomic mass is 32.2. The smallest absolute Gasteiger partial charge is 0.301 e. The standard InChI is InChI=1S/C34H32FN5O5S2/c1-19(2)14-16-45-24-13-10-22(17-25(24)44-4)29-27(30(41)28-20(3)36-26-7-5-6-15-39(26)28)31(42)32(43)40(29)33-37-38-34(47-33)46-18-21-8-11-23(35)12-9-21/h5-13,15,17,19,29,41H,14,16,18H2,1-4H3. The van der Waals surface area contributed by atoms with Gasteiger partial charge in [-0.3, -0.25) is 18.9 Å². The van der Waals surface area contributed by atoms with E-state index >= 15 is 0 Å². The lowest BCUT2D eigenvalue weighted by atomic mass is 9.96. The second-order valence-electron chi connectivity index (χ2n) is 11.4. The maximum absolute atomic E-state index is 13.9. The Labute approximate surface area is 278 Å². The van der Waals surface area contributed by atoms with Crippen molar-refractivity contribution in [3.8, 4) is 11.5 Å². The molecule has 1 atom stereocenters. The fourth-order valence-electron chi connectivity index (χ4n) is 5.33. The summed E-state index contributed by atoms with van der Waals surface area (Å²) in [5.74, 6) is -0.529. The topological polar surface area (TPSA) is 119 Å². The predicted octanol–water partition coefficient (Wildman–Crippen LogP) is 6.99. The number of carbonyl (C=O) groups excluding carboxylic acids is 2. The Balaban J connectivity index is 1.43. The van der Waals surface area contributed by atoms with Gasteiger partial charge in [0.25, 0.3) is 5.78 Å². The van der Waals surface area contributed by atoms with Gasteiger partial charge >= 0.3 is 5.91 Å². The van der Waals surface area contributed by atoms with Crippen molar-refractivity contribution in [2.24, 2.45) is 5.92 Å². The van der Waals surface area contributed by atoms with Crippen LogP contribution in [-0.2, 0) is 15.3 Å². The summed E-state index contributed by atoms with van der Waals surface area (Å²) in [4.78, 5) is 33.5. The zero-order valence-electron chi connectivity index (χ0n) is 26.1. The summed E-state index contributed by atoms with van der Waals surface area (Å²) in [5, 5.41) is 20.6. The van der Waals surface area contributed by atoms with E-state index in [4.69, 9.17) is 9.47 Å². The van der Waals surface area contributed by atoms with E-state index in [1.165, 1.54) is 35.9 Å². The number of thioether (sulfide) groups is 1. The third kappa shape index (κ3) is 6.45. The van der Waals surface area contributed by atoms with Crippen LogP contribution in [0.15, 0.2) is 76.8 Å². The van der Waals surface area contributed by atoms with E-state index in [9.17, 15) is 19.1 Å². The highest BCUT2D eigenvalue weighted by Crippen LogP contribution is 2.46. The number of nitrogens with zero attached hydrogens (tertiary/aromatic N) is 5. The van der Waals surface area contributed by atoms with Crippen molar-refractivity contribution in [1.29, 1.82) is 0 Å². The molecule has 4 heterocycles. The summed E-state index contributed by atoms with van der Waals surface area (Å²) in [5.41, 5.74) is 2.64. The number of aliphatic hydroxyl groups is 1. The Morgan fingerprint density at radius 1 is 1.09 bits per heavy atom. The number of aromatic nitrogens is 4. The summed E-state index contributed by atoms with van der Waals surface area (Å²) in [7, 11) is 1.52. The van der Waals surface area contributed by atoms with E-state index in [0.29, 0.717) is 56.7 Å². The molecule has 10 nitrogen and oxygen atoms in total. The van der Waals surface area contributed by atoms with Crippen LogP contribution in [0.3, 0.4) is 0 Å². The molecule has 2 aromatic carbocycles. The van der Waals surface area contributed by atoms with E-state index in [2.05, 4.69) is 29.0 Å². The molecule has 0 bridgehead atoms. The van der Waals surface area contributed by atoms with Crippen molar-refractivity contribution in [2.45, 2.75) is 43.3 Å². The number of hydrogen-bond acceptors (Lipinski definition) is 10. The summed E-state index contributed by atoms with van der Waals surface area (Å²) < 4.78 is 27.3. The summed E-state index contributed by atoms with van der Waals surface area (Å²) in [6.45, 7) is 6.44. The molecule has 0 spiro atoms. The molecule has 1 amide bonds. The number of halogens is 1. The zero-order valence-corrected chi connectivity index (χ0v) is 27.8. The fraction of sp³-hybridized carbons (Fsp3) is 0.265. The summed E-state index contributed by atoms with van der Waals surface area (Å²) >= 11 is 2.52. The van der Waals surface area contributed by atoms with Crippen LogP contribution in [0.25, 0.3) is 11.4 Å². The van der Waals surface area contributed by atoms with Crippen molar-refractivity contribution in [1.82, 2.24) is 19.6 Å². The number of benzene rings is 2. The van der Waals surface area contributed by atoms with Gasteiger partial charge in [-0.2, -0.15) is 0 Å². The Bertz CT molecular complexity index is 1990. The number of rotatable bonds is 11. The Morgan fingerprint density at radius 3 is 2.62 bits per heavy atom. The van der Waals surface area contributed by atoms with Crippen molar-refractivity contribution in [3.63, 3.8) is 0 Å². The Kier molecular flexibility index (Phi) is 9.28. The van der Waals surface area contributed by atoms with Crippen molar-refractivity contribution in [2.75, 3.05) is 18.6 Å². The third-order valence-corrected chi connectivity index (χ3v) is 9.83. The lowest BCUT2D eigenvalue weighted by Crippen LogP contribution is -2.29. The molecule has 1 fully saturated rings. The van der Waals surface area contributed by atoms with E-state index in [1.54, 1.807) is 60.0 Å². The van der Waals surface area contributed by atoms with E-state index < -0.39 is 17.7 Å². The minimum absolute atomic E-state index is 0.116. The molecule has 6 rings (SSSR count). The van der Waals surface area contributed by atoms with Crippen LogP contribution in [0.1, 0.15) is 48.8 Å². The first-order chi connectivity index (χ1) is 22.7. The molecule has 13 heteroatoms. The average Bonchev–Trinajstić information content (AvgIpc) is 3.73. The zero-order chi connectivity index (χ0) is 33.2. The SMILES string of the molecule is COc1cc(C2C(=C(O)c3c(C)nc4ccccn34)C(=O)C(=O)N2c2nnc(SCc3ccc(F)cc3)s2)ccc1OCCC(C)C. The minimum Gasteiger partial charge on any atom is -0.505 e. The molecule has 5 aromatic rings. The molecular weight excluding hydrogens is 642 g/mol. The minimum atomic E-state index is -1.06. The van der Waals surface area contributed by atoms with Crippen LogP contribution < -0.4 is 14.4 Å². The number of carbonyl (C=O) groups is 2. The van der Waals surface area contributed by atoms with Crippen LogP contribution in [0.4, 0.5) is 9.52 Å². The highest BCUT2D eigenvalue weighted by Gasteiger charge is 2.49. The number of methoxy groups -OCH3 is 1. The molecule has 1 unspecified atom stereocenters. The number of ketones is 1. The maximum Gasteiger partial charge on any atom is 0.301 e. The Morgan fingerprint density at radius 2 is 1.87 bits per heavy atom. The van der Waals surface area contributed by atoms with Gasteiger partial charge in [0, 0.05) is 11.9 Å². The van der Waals surface area contributed by atoms with Crippen LogP contribution in [-0.4, -0.2) is 50.1 Å². The van der Waals surface area contributed by atoms with Gasteiger partial charge < -0.3 is 14.6 Å². The lowest BCUT2D eigenvalue weighted by Gasteiger charge is -2.23. The van der Waals surface area contributed by atoms with Crippen LogP contribution in [0.2, 0.25) is 0 Å². The molecule has 0 aliphatic carbocycles. The second kappa shape index (κ2) is 13.5. The van der Waals surface area contributed by atoms with Crippen LogP contribution in [0.5, 0.6) is 11.5 Å². The molecule has 1 saturated heterocycles. The summed E-state index contributed by atoms with van der Waals surface area (Å²) in [6, 6.07) is 15.7. The number of fused-ring (bicyclic) bond motifs is 1. The number of amides is 1. The van der Waals surface area contributed by atoms with Gasteiger partial charge in [0.2, 0.25) is 5.13 Å². The number of ether oxygens (including phenoxy) is 2. The van der Waals surface area contributed by atoms with Gasteiger partial charge in [-0.15, -0.1) is 10.2 Å². The molecule has 0 radical (unpaired) electrons. The van der Waals surface area contributed by atoms with Gasteiger partial charge in [-0.1, -0.05) is 61.2 Å².